The summed E-state index contributed by atoms with van der Waals surface area (Å²) < 4.78 is 2.00. The summed E-state index contributed by atoms with van der Waals surface area (Å²) in [5, 5.41) is 17.1. The van der Waals surface area contributed by atoms with Gasteiger partial charge in [0.15, 0.2) is 5.65 Å². The van der Waals surface area contributed by atoms with Crippen LogP contribution >= 0.6 is 34.8 Å². The number of halogens is 3. The van der Waals surface area contributed by atoms with Gasteiger partial charge >= 0.3 is 0 Å². The lowest BCUT2D eigenvalue weighted by atomic mass is 9.85. The van der Waals surface area contributed by atoms with Gasteiger partial charge in [0.1, 0.15) is 5.52 Å². The third kappa shape index (κ3) is 5.17. The van der Waals surface area contributed by atoms with Gasteiger partial charge < -0.3 is 21.5 Å². The number of aliphatic hydroxyl groups excluding tert-OH is 1. The quantitative estimate of drug-likeness (QED) is 0.327. The highest BCUT2D eigenvalue weighted by atomic mass is 35.5. The maximum absolute atomic E-state index is 11.7. The number of aromatic nitrogens is 4. The van der Waals surface area contributed by atoms with Crippen molar-refractivity contribution in [3.05, 3.63) is 33.4 Å². The molecule has 0 saturated heterocycles. The van der Waals surface area contributed by atoms with Crippen molar-refractivity contribution in [1.82, 2.24) is 19.5 Å². The molecule has 1 aliphatic rings. The molecule has 34 heavy (non-hydrogen) atoms. The third-order valence-electron chi connectivity index (χ3n) is 6.19. The first-order valence-corrected chi connectivity index (χ1v) is 12.3. The molecule has 182 valence electrons. The van der Waals surface area contributed by atoms with Crippen molar-refractivity contribution in [3.63, 3.8) is 0 Å². The maximum atomic E-state index is 11.7. The van der Waals surface area contributed by atoms with Crippen LogP contribution in [0.2, 0.25) is 15.1 Å². The molecule has 0 bridgehead atoms. The molecule has 1 unspecified atom stereocenters. The first-order chi connectivity index (χ1) is 16.3. The van der Waals surface area contributed by atoms with Crippen LogP contribution in [0, 0.1) is 5.92 Å². The second-order valence-electron chi connectivity index (χ2n) is 8.42. The minimum absolute atomic E-state index is 0.0236. The van der Waals surface area contributed by atoms with Gasteiger partial charge in [-0.15, -0.1) is 0 Å². The summed E-state index contributed by atoms with van der Waals surface area (Å²) in [7, 11) is 0. The Morgan fingerprint density at radius 2 is 1.88 bits per heavy atom. The maximum Gasteiger partial charge on any atom is 0.225 e. The van der Waals surface area contributed by atoms with E-state index in [1.165, 1.54) is 0 Å². The highest BCUT2D eigenvalue weighted by Gasteiger charge is 2.29. The average Bonchev–Trinajstić information content (AvgIpc) is 3.17. The number of imidazole rings is 1. The SMILES string of the molecule is CCC(CO)Nc1ncc2nc(Nc3c(Cl)cc(Cl)cc3Cl)n([C@H]3CC[C@@H](C(N)=O)CC3)c2n1. The number of nitrogens with one attached hydrogen (secondary N) is 2. The fourth-order valence-corrected chi connectivity index (χ4v) is 5.16. The third-order valence-corrected chi connectivity index (χ3v) is 7.00. The van der Waals surface area contributed by atoms with E-state index in [1.54, 1.807) is 18.3 Å². The van der Waals surface area contributed by atoms with Crippen molar-refractivity contribution in [1.29, 1.82) is 0 Å². The van der Waals surface area contributed by atoms with E-state index < -0.39 is 0 Å². The van der Waals surface area contributed by atoms with E-state index in [2.05, 4.69) is 15.6 Å². The largest absolute Gasteiger partial charge is 0.394 e. The lowest BCUT2D eigenvalue weighted by Crippen LogP contribution is -2.29. The van der Waals surface area contributed by atoms with E-state index in [0.717, 1.165) is 12.8 Å². The molecule has 0 radical (unpaired) electrons. The smallest absolute Gasteiger partial charge is 0.225 e. The van der Waals surface area contributed by atoms with Gasteiger partial charge in [-0.05, 0) is 44.2 Å². The molecule has 4 rings (SSSR count). The Balaban J connectivity index is 1.76. The molecule has 9 nitrogen and oxygen atoms in total. The summed E-state index contributed by atoms with van der Waals surface area (Å²) in [6.45, 7) is 1.93. The molecule has 1 aliphatic carbocycles. The van der Waals surface area contributed by atoms with Crippen molar-refractivity contribution < 1.29 is 9.90 Å². The van der Waals surface area contributed by atoms with Gasteiger partial charge in [-0.3, -0.25) is 9.36 Å². The van der Waals surface area contributed by atoms with Gasteiger partial charge in [0.05, 0.1) is 34.6 Å². The van der Waals surface area contributed by atoms with Gasteiger partial charge in [0, 0.05) is 17.0 Å². The number of carbonyl (C=O) groups excluding carboxylic acids is 1. The summed E-state index contributed by atoms with van der Waals surface area (Å²) in [5.74, 6) is 0.499. The number of fused-ring (bicyclic) bond motifs is 1. The zero-order chi connectivity index (χ0) is 24.4. The molecule has 2 aromatic heterocycles. The summed E-state index contributed by atoms with van der Waals surface area (Å²) >= 11 is 18.9. The predicted molar refractivity (Wildman–Crippen MR) is 135 cm³/mol. The number of aliphatic hydroxyl groups is 1. The number of hydrogen-bond acceptors (Lipinski definition) is 7. The van der Waals surface area contributed by atoms with Crippen LogP contribution < -0.4 is 16.4 Å². The second kappa shape index (κ2) is 10.5. The lowest BCUT2D eigenvalue weighted by molar-refractivity contribution is -0.122. The lowest BCUT2D eigenvalue weighted by Gasteiger charge is -2.29. The Kier molecular flexibility index (Phi) is 7.67. The second-order valence-corrected chi connectivity index (χ2v) is 9.67. The molecule has 0 spiro atoms. The normalized spacial score (nSPS) is 19.2. The molecule has 2 heterocycles. The molecule has 12 heteroatoms. The van der Waals surface area contributed by atoms with Crippen molar-refractivity contribution >= 4 is 69.5 Å². The molecule has 1 atom stereocenters. The van der Waals surface area contributed by atoms with Crippen LogP contribution in [0.15, 0.2) is 18.3 Å². The van der Waals surface area contributed by atoms with Crippen molar-refractivity contribution in [2.45, 2.75) is 51.1 Å². The van der Waals surface area contributed by atoms with Crippen LogP contribution in [-0.4, -0.2) is 43.2 Å². The number of benzene rings is 1. The molecule has 1 fully saturated rings. The van der Waals surface area contributed by atoms with Gasteiger partial charge in [0.2, 0.25) is 17.8 Å². The van der Waals surface area contributed by atoms with E-state index in [4.69, 9.17) is 50.5 Å². The minimum Gasteiger partial charge on any atom is -0.394 e. The van der Waals surface area contributed by atoms with E-state index in [0.29, 0.717) is 63.1 Å². The number of primary amides is 1. The molecule has 1 saturated carbocycles. The Labute approximate surface area is 212 Å². The Bertz CT molecular complexity index is 1170. The van der Waals surface area contributed by atoms with Crippen LogP contribution in [-0.2, 0) is 4.79 Å². The Morgan fingerprint density at radius 3 is 2.47 bits per heavy atom. The van der Waals surface area contributed by atoms with Crippen LogP contribution in [0.4, 0.5) is 17.6 Å². The molecule has 1 amide bonds. The average molecular weight is 527 g/mol. The zero-order valence-corrected chi connectivity index (χ0v) is 20.8. The van der Waals surface area contributed by atoms with Crippen molar-refractivity contribution in [2.75, 3.05) is 17.2 Å². The van der Waals surface area contributed by atoms with Gasteiger partial charge in [-0.2, -0.15) is 4.98 Å². The monoisotopic (exact) mass is 525 g/mol. The van der Waals surface area contributed by atoms with Crippen LogP contribution in [0.5, 0.6) is 0 Å². The number of nitrogens with zero attached hydrogens (tertiary/aromatic N) is 4. The molecule has 1 aromatic carbocycles. The number of nitrogens with two attached hydrogens (primary N) is 1. The van der Waals surface area contributed by atoms with Gasteiger partial charge in [-0.1, -0.05) is 41.7 Å². The number of hydrogen-bond donors (Lipinski definition) is 4. The topological polar surface area (TPSA) is 131 Å². The summed E-state index contributed by atoms with van der Waals surface area (Å²) in [4.78, 5) is 25.5. The standard InChI is InChI=1S/C22H26Cl3N7O2/c1-2-13(10-33)28-21-27-9-17-20(31-21)32(14-5-3-11(4-6-14)19(26)34)22(29-17)30-18-15(24)7-12(23)8-16(18)25/h7-9,11,13-14,33H,2-6,10H2,1H3,(H2,26,34)(H,29,30)(H,27,28,31)/t11-,13?,14+. The van der Waals surface area contributed by atoms with Gasteiger partial charge in [-0.25, -0.2) is 9.97 Å². The number of rotatable bonds is 8. The van der Waals surface area contributed by atoms with Crippen LogP contribution in [0.25, 0.3) is 11.2 Å². The Morgan fingerprint density at radius 1 is 1.21 bits per heavy atom. The molecule has 3 aromatic rings. The first-order valence-electron chi connectivity index (χ1n) is 11.1. The van der Waals surface area contributed by atoms with Gasteiger partial charge in [0.25, 0.3) is 0 Å². The van der Waals surface area contributed by atoms with Crippen LogP contribution in [0.1, 0.15) is 45.1 Å². The summed E-state index contributed by atoms with van der Waals surface area (Å²) in [5.41, 5.74) is 7.22. The van der Waals surface area contributed by atoms with Crippen molar-refractivity contribution in [2.24, 2.45) is 11.7 Å². The fraction of sp³-hybridized carbons (Fsp3) is 0.455. The molecule has 0 aliphatic heterocycles. The summed E-state index contributed by atoms with van der Waals surface area (Å²) in [6, 6.07) is 3.06. The first kappa shape index (κ1) is 24.8. The fourth-order valence-electron chi connectivity index (χ4n) is 4.25. The minimum atomic E-state index is -0.268. The summed E-state index contributed by atoms with van der Waals surface area (Å²) in [6.07, 6.45) is 5.18. The number of carbonyl (C=O) groups is 1. The van der Waals surface area contributed by atoms with Crippen LogP contribution in [0.3, 0.4) is 0 Å². The molecule has 5 N–H and O–H groups in total. The molecular weight excluding hydrogens is 501 g/mol. The van der Waals surface area contributed by atoms with E-state index in [1.807, 2.05) is 11.5 Å². The van der Waals surface area contributed by atoms with Crippen molar-refractivity contribution in [3.8, 4) is 0 Å². The zero-order valence-electron chi connectivity index (χ0n) is 18.6. The number of amides is 1. The predicted octanol–water partition coefficient (Wildman–Crippen LogP) is 4.93. The van der Waals surface area contributed by atoms with E-state index in [9.17, 15) is 9.90 Å². The Hall–Kier alpha value is -2.33. The molecular formula is C22H26Cl3N7O2. The van der Waals surface area contributed by atoms with E-state index in [-0.39, 0.29) is 30.5 Å². The highest BCUT2D eigenvalue weighted by Crippen LogP contribution is 2.40. The van der Waals surface area contributed by atoms with E-state index >= 15 is 0 Å². The number of anilines is 3. The highest BCUT2D eigenvalue weighted by molar-refractivity contribution is 6.41.